The summed E-state index contributed by atoms with van der Waals surface area (Å²) in [5, 5.41) is 4.01. The SMILES string of the molecule is CSc1nc(CC(C)(C)C)nc(NC(C)C)n1. The topological polar surface area (TPSA) is 50.7 Å². The monoisotopic (exact) mass is 254 g/mol. The van der Waals surface area contributed by atoms with Crippen LogP contribution in [0.2, 0.25) is 0 Å². The van der Waals surface area contributed by atoms with E-state index in [1.54, 1.807) is 11.8 Å². The molecular weight excluding hydrogens is 232 g/mol. The maximum atomic E-state index is 4.46. The van der Waals surface area contributed by atoms with Crippen molar-refractivity contribution in [3.63, 3.8) is 0 Å². The van der Waals surface area contributed by atoms with Crippen LogP contribution < -0.4 is 5.32 Å². The molecule has 1 rings (SSSR count). The molecule has 0 atom stereocenters. The van der Waals surface area contributed by atoms with Crippen LogP contribution in [0.1, 0.15) is 40.4 Å². The summed E-state index contributed by atoms with van der Waals surface area (Å²) < 4.78 is 0. The van der Waals surface area contributed by atoms with Crippen molar-refractivity contribution in [2.24, 2.45) is 5.41 Å². The average Bonchev–Trinajstić information content (AvgIpc) is 2.13. The zero-order chi connectivity index (χ0) is 13.1. The summed E-state index contributed by atoms with van der Waals surface area (Å²) >= 11 is 1.55. The molecule has 0 amide bonds. The first-order valence-electron chi connectivity index (χ1n) is 5.85. The number of thioether (sulfide) groups is 1. The van der Waals surface area contributed by atoms with E-state index in [0.717, 1.165) is 17.4 Å². The summed E-state index contributed by atoms with van der Waals surface area (Å²) in [6.45, 7) is 10.7. The van der Waals surface area contributed by atoms with Gasteiger partial charge in [-0.3, -0.25) is 0 Å². The molecule has 0 aromatic carbocycles. The fourth-order valence-corrected chi connectivity index (χ4v) is 1.74. The lowest BCUT2D eigenvalue weighted by Gasteiger charge is -2.17. The van der Waals surface area contributed by atoms with Crippen molar-refractivity contribution in [3.8, 4) is 0 Å². The third-order valence-corrected chi connectivity index (χ3v) is 2.50. The summed E-state index contributed by atoms with van der Waals surface area (Å²) in [7, 11) is 0. The minimum atomic E-state index is 0.187. The van der Waals surface area contributed by atoms with Crippen molar-refractivity contribution in [2.45, 2.75) is 52.2 Å². The molecule has 1 aromatic heterocycles. The van der Waals surface area contributed by atoms with Gasteiger partial charge in [0.05, 0.1) is 0 Å². The Bertz CT molecular complexity index is 371. The second kappa shape index (κ2) is 5.67. The Balaban J connectivity index is 2.97. The lowest BCUT2D eigenvalue weighted by atomic mass is 9.92. The van der Waals surface area contributed by atoms with Gasteiger partial charge >= 0.3 is 0 Å². The molecule has 0 saturated carbocycles. The molecule has 0 aliphatic carbocycles. The fraction of sp³-hybridized carbons (Fsp3) is 0.750. The summed E-state index contributed by atoms with van der Waals surface area (Å²) in [5.41, 5.74) is 0.187. The van der Waals surface area contributed by atoms with Crippen molar-refractivity contribution >= 4 is 17.7 Å². The summed E-state index contributed by atoms with van der Waals surface area (Å²) in [6, 6.07) is 0.328. The number of aromatic nitrogens is 3. The summed E-state index contributed by atoms with van der Waals surface area (Å²) in [4.78, 5) is 13.3. The minimum absolute atomic E-state index is 0.187. The van der Waals surface area contributed by atoms with E-state index in [2.05, 4.69) is 54.9 Å². The normalized spacial score (nSPS) is 11.9. The molecule has 1 aromatic rings. The lowest BCUT2D eigenvalue weighted by molar-refractivity contribution is 0.398. The standard InChI is InChI=1S/C12H22N4S/c1-8(2)13-10-14-9(7-12(3,4)5)15-11(16-10)17-6/h8H,7H2,1-6H3,(H,13,14,15,16). The first-order valence-corrected chi connectivity index (χ1v) is 7.08. The molecule has 5 heteroatoms. The van der Waals surface area contributed by atoms with Crippen LogP contribution in [0.15, 0.2) is 5.16 Å². The minimum Gasteiger partial charge on any atom is -0.352 e. The van der Waals surface area contributed by atoms with Crippen LogP contribution in [0.25, 0.3) is 0 Å². The Morgan fingerprint density at radius 2 is 1.82 bits per heavy atom. The Morgan fingerprint density at radius 3 is 2.29 bits per heavy atom. The van der Waals surface area contributed by atoms with E-state index in [1.807, 2.05) is 6.26 Å². The van der Waals surface area contributed by atoms with Crippen molar-refractivity contribution in [1.29, 1.82) is 0 Å². The van der Waals surface area contributed by atoms with Crippen molar-refractivity contribution in [2.75, 3.05) is 11.6 Å². The van der Waals surface area contributed by atoms with E-state index in [-0.39, 0.29) is 5.41 Å². The highest BCUT2D eigenvalue weighted by molar-refractivity contribution is 7.98. The number of nitrogens with one attached hydrogen (secondary N) is 1. The van der Waals surface area contributed by atoms with E-state index < -0.39 is 0 Å². The van der Waals surface area contributed by atoms with Crippen LogP contribution in [0, 0.1) is 5.41 Å². The van der Waals surface area contributed by atoms with Gasteiger partial charge in [-0.05, 0) is 25.5 Å². The number of hydrogen-bond acceptors (Lipinski definition) is 5. The highest BCUT2D eigenvalue weighted by Crippen LogP contribution is 2.20. The molecule has 0 unspecified atom stereocenters. The van der Waals surface area contributed by atoms with Crippen LogP contribution in [-0.2, 0) is 6.42 Å². The van der Waals surface area contributed by atoms with Crippen molar-refractivity contribution in [3.05, 3.63) is 5.82 Å². The van der Waals surface area contributed by atoms with E-state index in [1.165, 1.54) is 0 Å². The van der Waals surface area contributed by atoms with Crippen LogP contribution in [-0.4, -0.2) is 27.2 Å². The van der Waals surface area contributed by atoms with Gasteiger partial charge in [0, 0.05) is 12.5 Å². The largest absolute Gasteiger partial charge is 0.352 e. The number of anilines is 1. The molecule has 17 heavy (non-hydrogen) atoms. The maximum absolute atomic E-state index is 4.46. The Kier molecular flexibility index (Phi) is 4.74. The molecule has 0 fully saturated rings. The number of rotatable bonds is 4. The predicted octanol–water partition coefficient (Wildman–Crippen LogP) is 3.00. The highest BCUT2D eigenvalue weighted by atomic mass is 32.2. The van der Waals surface area contributed by atoms with Crippen LogP contribution >= 0.6 is 11.8 Å². The molecule has 4 nitrogen and oxygen atoms in total. The van der Waals surface area contributed by atoms with Gasteiger partial charge < -0.3 is 5.32 Å². The molecule has 0 bridgehead atoms. The van der Waals surface area contributed by atoms with Gasteiger partial charge in [-0.2, -0.15) is 9.97 Å². The summed E-state index contributed by atoms with van der Waals surface area (Å²) in [5.74, 6) is 1.54. The Morgan fingerprint density at radius 1 is 1.18 bits per heavy atom. The molecule has 1 N–H and O–H groups in total. The van der Waals surface area contributed by atoms with E-state index in [9.17, 15) is 0 Å². The third kappa shape index (κ3) is 5.35. The van der Waals surface area contributed by atoms with Gasteiger partial charge in [0.25, 0.3) is 0 Å². The smallest absolute Gasteiger partial charge is 0.227 e. The highest BCUT2D eigenvalue weighted by Gasteiger charge is 2.15. The molecular formula is C12H22N4S. The van der Waals surface area contributed by atoms with Gasteiger partial charge in [0.2, 0.25) is 5.95 Å². The molecule has 0 aliphatic rings. The van der Waals surface area contributed by atoms with E-state index >= 15 is 0 Å². The average molecular weight is 254 g/mol. The Labute approximate surface area is 108 Å². The second-order valence-corrected chi connectivity index (χ2v) is 6.37. The van der Waals surface area contributed by atoms with Gasteiger partial charge in [-0.15, -0.1) is 0 Å². The van der Waals surface area contributed by atoms with E-state index in [4.69, 9.17) is 0 Å². The molecule has 0 spiro atoms. The number of hydrogen-bond donors (Lipinski definition) is 1. The molecule has 0 radical (unpaired) electrons. The zero-order valence-electron chi connectivity index (χ0n) is 11.5. The lowest BCUT2D eigenvalue weighted by Crippen LogP contribution is -2.17. The molecule has 0 saturated heterocycles. The van der Waals surface area contributed by atoms with Gasteiger partial charge in [-0.25, -0.2) is 4.98 Å². The van der Waals surface area contributed by atoms with Crippen LogP contribution in [0.4, 0.5) is 5.95 Å². The quantitative estimate of drug-likeness (QED) is 0.837. The van der Waals surface area contributed by atoms with Crippen molar-refractivity contribution < 1.29 is 0 Å². The predicted molar refractivity (Wildman–Crippen MR) is 73.5 cm³/mol. The van der Waals surface area contributed by atoms with Gasteiger partial charge in [0.1, 0.15) is 5.82 Å². The van der Waals surface area contributed by atoms with E-state index in [0.29, 0.717) is 12.0 Å². The fourth-order valence-electron chi connectivity index (χ4n) is 1.37. The van der Waals surface area contributed by atoms with Gasteiger partial charge in [0.15, 0.2) is 5.16 Å². The third-order valence-electron chi connectivity index (χ3n) is 1.95. The van der Waals surface area contributed by atoms with Crippen LogP contribution in [0.5, 0.6) is 0 Å². The van der Waals surface area contributed by atoms with Crippen molar-refractivity contribution in [1.82, 2.24) is 15.0 Å². The van der Waals surface area contributed by atoms with Gasteiger partial charge in [-0.1, -0.05) is 32.5 Å². The second-order valence-electron chi connectivity index (χ2n) is 5.60. The first-order chi connectivity index (χ1) is 7.80. The first kappa shape index (κ1) is 14.2. The molecule has 1 heterocycles. The van der Waals surface area contributed by atoms with Crippen LogP contribution in [0.3, 0.4) is 0 Å². The Hall–Kier alpha value is -0.840. The summed E-state index contributed by atoms with van der Waals surface area (Å²) in [6.07, 6.45) is 2.84. The molecule has 96 valence electrons. The maximum Gasteiger partial charge on any atom is 0.227 e. The zero-order valence-corrected chi connectivity index (χ0v) is 12.4. The molecule has 0 aliphatic heterocycles. The number of nitrogens with zero attached hydrogens (tertiary/aromatic N) is 3.